The lowest BCUT2D eigenvalue weighted by atomic mass is 9.91. The lowest BCUT2D eigenvalue weighted by molar-refractivity contribution is 0.0777. The van der Waals surface area contributed by atoms with E-state index in [2.05, 4.69) is 21.5 Å². The molecule has 1 N–H and O–H groups in total. The summed E-state index contributed by atoms with van der Waals surface area (Å²) in [6.07, 6.45) is 7.52. The van der Waals surface area contributed by atoms with Crippen molar-refractivity contribution in [1.82, 2.24) is 25.0 Å². The lowest BCUT2D eigenvalue weighted by Crippen LogP contribution is -2.37. The smallest absolute Gasteiger partial charge is 0.274 e. The zero-order valence-electron chi connectivity index (χ0n) is 17.7. The number of hydrogen-bond acceptors (Lipinski definition) is 4. The molecular weight excluding hydrogens is 374 g/mol. The number of carbonyl (C=O) groups excluding carboxylic acids is 1. The van der Waals surface area contributed by atoms with Gasteiger partial charge in [-0.1, -0.05) is 36.4 Å². The molecule has 156 valence electrons. The molecule has 2 aromatic heterocycles. The first-order chi connectivity index (χ1) is 14.6. The predicted molar refractivity (Wildman–Crippen MR) is 117 cm³/mol. The number of rotatable bonds is 7. The molecule has 0 radical (unpaired) electrons. The van der Waals surface area contributed by atoms with E-state index in [4.69, 9.17) is 0 Å². The van der Waals surface area contributed by atoms with Gasteiger partial charge in [-0.2, -0.15) is 5.10 Å². The van der Waals surface area contributed by atoms with Crippen molar-refractivity contribution in [2.45, 2.75) is 38.3 Å². The maximum absolute atomic E-state index is 13.2. The number of amides is 1. The van der Waals surface area contributed by atoms with Crippen molar-refractivity contribution in [2.75, 3.05) is 13.6 Å². The second-order valence-electron chi connectivity index (χ2n) is 8.05. The van der Waals surface area contributed by atoms with Crippen molar-refractivity contribution >= 4 is 5.91 Å². The number of nitrogens with one attached hydrogen (secondary N) is 1. The molecule has 0 spiro atoms. The third kappa shape index (κ3) is 4.60. The molecule has 1 aliphatic carbocycles. The van der Waals surface area contributed by atoms with Crippen molar-refractivity contribution in [3.63, 3.8) is 0 Å². The fraction of sp³-hybridized carbons (Fsp3) is 0.375. The van der Waals surface area contributed by atoms with Gasteiger partial charge in [0.25, 0.3) is 5.91 Å². The van der Waals surface area contributed by atoms with Crippen LogP contribution in [0.25, 0.3) is 0 Å². The number of aromatic nitrogens is 3. The first kappa shape index (κ1) is 20.3. The quantitative estimate of drug-likeness (QED) is 0.659. The van der Waals surface area contributed by atoms with Crippen LogP contribution < -0.4 is 5.32 Å². The Morgan fingerprint density at radius 3 is 2.77 bits per heavy atom. The highest BCUT2D eigenvalue weighted by Crippen LogP contribution is 2.25. The van der Waals surface area contributed by atoms with Crippen molar-refractivity contribution < 1.29 is 4.79 Å². The van der Waals surface area contributed by atoms with Gasteiger partial charge in [0.05, 0.1) is 0 Å². The molecule has 0 aliphatic heterocycles. The van der Waals surface area contributed by atoms with Crippen LogP contribution in [0, 0.1) is 0 Å². The van der Waals surface area contributed by atoms with E-state index in [1.165, 1.54) is 11.3 Å². The third-order valence-electron chi connectivity index (χ3n) is 5.84. The second kappa shape index (κ2) is 9.22. The second-order valence-corrected chi connectivity index (χ2v) is 8.05. The molecule has 0 saturated carbocycles. The predicted octanol–water partition coefficient (Wildman–Crippen LogP) is 2.78. The molecule has 1 aromatic carbocycles. The van der Waals surface area contributed by atoms with E-state index in [0.717, 1.165) is 43.4 Å². The Morgan fingerprint density at radius 1 is 1.20 bits per heavy atom. The van der Waals surface area contributed by atoms with Gasteiger partial charge in [-0.25, -0.2) is 0 Å². The highest BCUT2D eigenvalue weighted by Gasteiger charge is 2.29. The SMILES string of the molecule is CN(Cc1ccccc1)C(=O)c1nn(C)c2c1CC(NCCc1cccnc1)CC2. The summed E-state index contributed by atoms with van der Waals surface area (Å²) in [6.45, 7) is 1.49. The van der Waals surface area contributed by atoms with Gasteiger partial charge < -0.3 is 10.2 Å². The molecule has 1 unspecified atom stereocenters. The van der Waals surface area contributed by atoms with Gasteiger partial charge >= 0.3 is 0 Å². The molecule has 1 amide bonds. The van der Waals surface area contributed by atoms with Crippen molar-refractivity contribution in [3.8, 4) is 0 Å². The van der Waals surface area contributed by atoms with Gasteiger partial charge in [-0.3, -0.25) is 14.5 Å². The van der Waals surface area contributed by atoms with Gasteiger partial charge in [-0.05, 0) is 49.4 Å². The molecule has 6 heteroatoms. The molecule has 0 fully saturated rings. The number of fused-ring (bicyclic) bond motifs is 1. The number of aryl methyl sites for hydroxylation is 1. The van der Waals surface area contributed by atoms with E-state index >= 15 is 0 Å². The zero-order valence-corrected chi connectivity index (χ0v) is 17.7. The monoisotopic (exact) mass is 403 g/mol. The summed E-state index contributed by atoms with van der Waals surface area (Å²) < 4.78 is 1.89. The summed E-state index contributed by atoms with van der Waals surface area (Å²) in [5, 5.41) is 8.27. The average molecular weight is 404 g/mol. The van der Waals surface area contributed by atoms with Crippen LogP contribution in [0.2, 0.25) is 0 Å². The average Bonchev–Trinajstić information content (AvgIpc) is 3.10. The van der Waals surface area contributed by atoms with E-state index in [1.54, 1.807) is 11.1 Å². The van der Waals surface area contributed by atoms with Crippen molar-refractivity contribution in [3.05, 3.63) is 82.9 Å². The first-order valence-electron chi connectivity index (χ1n) is 10.6. The van der Waals surface area contributed by atoms with Crippen LogP contribution in [0.4, 0.5) is 0 Å². The lowest BCUT2D eigenvalue weighted by Gasteiger charge is -2.25. The van der Waals surface area contributed by atoms with Crippen LogP contribution in [0.3, 0.4) is 0 Å². The third-order valence-corrected chi connectivity index (χ3v) is 5.84. The van der Waals surface area contributed by atoms with Crippen LogP contribution >= 0.6 is 0 Å². The molecule has 0 bridgehead atoms. The van der Waals surface area contributed by atoms with E-state index in [1.807, 2.05) is 61.4 Å². The molecule has 1 aliphatic rings. The van der Waals surface area contributed by atoms with Crippen LogP contribution in [0.15, 0.2) is 54.9 Å². The summed E-state index contributed by atoms with van der Waals surface area (Å²) in [7, 11) is 3.80. The molecule has 0 saturated heterocycles. The minimum absolute atomic E-state index is 0.00767. The van der Waals surface area contributed by atoms with E-state index in [0.29, 0.717) is 18.3 Å². The Hall–Kier alpha value is -2.99. The molecule has 2 heterocycles. The summed E-state index contributed by atoms with van der Waals surface area (Å²) in [5.74, 6) is -0.00767. The number of carbonyl (C=O) groups is 1. The van der Waals surface area contributed by atoms with E-state index in [9.17, 15) is 4.79 Å². The number of benzene rings is 1. The minimum atomic E-state index is -0.00767. The summed E-state index contributed by atoms with van der Waals surface area (Å²) >= 11 is 0. The van der Waals surface area contributed by atoms with E-state index in [-0.39, 0.29) is 5.91 Å². The Morgan fingerprint density at radius 2 is 2.00 bits per heavy atom. The van der Waals surface area contributed by atoms with Crippen LogP contribution in [-0.2, 0) is 32.9 Å². The molecule has 6 nitrogen and oxygen atoms in total. The van der Waals surface area contributed by atoms with Crippen molar-refractivity contribution in [2.24, 2.45) is 7.05 Å². The fourth-order valence-electron chi connectivity index (χ4n) is 4.21. The number of nitrogens with zero attached hydrogens (tertiary/aromatic N) is 4. The summed E-state index contributed by atoms with van der Waals surface area (Å²) in [5.41, 5.74) is 5.25. The van der Waals surface area contributed by atoms with Crippen molar-refractivity contribution in [1.29, 1.82) is 0 Å². The fourth-order valence-corrected chi connectivity index (χ4v) is 4.21. The highest BCUT2D eigenvalue weighted by atomic mass is 16.2. The molecule has 4 rings (SSSR count). The Bertz CT molecular complexity index is 984. The van der Waals surface area contributed by atoms with Gasteiger partial charge in [0.15, 0.2) is 5.69 Å². The number of pyridine rings is 1. The van der Waals surface area contributed by atoms with Gasteiger partial charge in [-0.15, -0.1) is 0 Å². The summed E-state index contributed by atoms with van der Waals surface area (Å²) in [6, 6.07) is 14.5. The van der Waals surface area contributed by atoms with Gasteiger partial charge in [0.1, 0.15) is 0 Å². The molecular formula is C24H29N5O. The standard InChI is InChI=1S/C24H29N5O/c1-28(17-19-7-4-3-5-8-19)24(30)23-21-15-20(10-11-22(21)29(2)27-23)26-14-12-18-9-6-13-25-16-18/h3-9,13,16,20,26H,10-12,14-15,17H2,1-2H3. The highest BCUT2D eigenvalue weighted by molar-refractivity contribution is 5.94. The van der Waals surface area contributed by atoms with Crippen LogP contribution in [-0.4, -0.2) is 45.2 Å². The molecule has 30 heavy (non-hydrogen) atoms. The Labute approximate surface area is 177 Å². The maximum atomic E-state index is 13.2. The Kier molecular flexibility index (Phi) is 6.23. The topological polar surface area (TPSA) is 63.1 Å². The molecule has 1 atom stereocenters. The van der Waals surface area contributed by atoms with Crippen LogP contribution in [0.5, 0.6) is 0 Å². The van der Waals surface area contributed by atoms with E-state index < -0.39 is 0 Å². The normalized spacial score (nSPS) is 15.6. The largest absolute Gasteiger partial charge is 0.336 e. The maximum Gasteiger partial charge on any atom is 0.274 e. The zero-order chi connectivity index (χ0) is 20.9. The first-order valence-corrected chi connectivity index (χ1v) is 10.6. The van der Waals surface area contributed by atoms with Gasteiger partial charge in [0, 0.05) is 50.3 Å². The van der Waals surface area contributed by atoms with Crippen LogP contribution in [0.1, 0.15) is 39.3 Å². The molecule has 3 aromatic rings. The van der Waals surface area contributed by atoms with Gasteiger partial charge in [0.2, 0.25) is 0 Å². The number of hydrogen-bond donors (Lipinski definition) is 1. The summed E-state index contributed by atoms with van der Waals surface area (Å²) in [4.78, 5) is 19.1. The minimum Gasteiger partial charge on any atom is -0.336 e. The Balaban J connectivity index is 1.41.